The second kappa shape index (κ2) is 3.99. The van der Waals surface area contributed by atoms with Gasteiger partial charge in [0.05, 0.1) is 0 Å². The predicted octanol–water partition coefficient (Wildman–Crippen LogP) is 2.84. The van der Waals surface area contributed by atoms with Crippen LogP contribution in [0, 0.1) is 5.41 Å². The Morgan fingerprint density at radius 1 is 1.46 bits per heavy atom. The summed E-state index contributed by atoms with van der Waals surface area (Å²) in [6, 6.07) is 0. The van der Waals surface area contributed by atoms with E-state index in [9.17, 15) is 9.18 Å². The summed E-state index contributed by atoms with van der Waals surface area (Å²) in [6.45, 7) is 3.11. The monoisotopic (exact) mass is 204 g/mol. The molecule has 1 aliphatic rings. The molecule has 0 atom stereocenters. The van der Waals surface area contributed by atoms with Gasteiger partial charge in [0.15, 0.2) is 0 Å². The van der Waals surface area contributed by atoms with Crippen LogP contribution in [0.25, 0.3) is 0 Å². The number of carbonyl (C=O) groups is 1. The minimum atomic E-state index is -1.22. The number of halogens is 1. The highest BCUT2D eigenvalue weighted by molar-refractivity contribution is 7.99. The molecule has 1 aliphatic heterocycles. The Balaban J connectivity index is 2.63. The van der Waals surface area contributed by atoms with Crippen LogP contribution in [-0.2, 0) is 4.79 Å². The molecule has 3 heteroatoms. The molecule has 0 unspecified atom stereocenters. The zero-order chi connectivity index (χ0) is 9.95. The van der Waals surface area contributed by atoms with E-state index in [1.54, 1.807) is 13.8 Å². The molecule has 1 fully saturated rings. The Hall–Kier alpha value is -0.0500. The third-order valence-electron chi connectivity index (χ3n) is 2.51. The number of aldehydes is 1. The van der Waals surface area contributed by atoms with E-state index in [1.165, 1.54) is 0 Å². The van der Waals surface area contributed by atoms with Crippen LogP contribution in [0.3, 0.4) is 0 Å². The lowest BCUT2D eigenvalue weighted by Gasteiger charge is -2.35. The zero-order valence-corrected chi connectivity index (χ0v) is 9.12. The summed E-state index contributed by atoms with van der Waals surface area (Å²) in [7, 11) is 0. The van der Waals surface area contributed by atoms with Crippen LogP contribution in [-0.4, -0.2) is 23.5 Å². The lowest BCUT2D eigenvalue weighted by Crippen LogP contribution is -2.34. The summed E-state index contributed by atoms with van der Waals surface area (Å²) in [5.74, 6) is 1.99. The molecule has 1 nitrogen and oxygen atoms in total. The molecule has 0 amide bonds. The van der Waals surface area contributed by atoms with Gasteiger partial charge < -0.3 is 4.79 Å². The molecule has 0 aromatic rings. The fourth-order valence-corrected chi connectivity index (χ4v) is 3.26. The summed E-state index contributed by atoms with van der Waals surface area (Å²) >= 11 is 1.86. The molecule has 0 N–H and O–H groups in total. The van der Waals surface area contributed by atoms with Gasteiger partial charge in [0, 0.05) is 5.41 Å². The lowest BCUT2D eigenvalue weighted by atomic mass is 9.76. The maximum Gasteiger partial charge on any atom is 0.126 e. The summed E-state index contributed by atoms with van der Waals surface area (Å²) < 4.78 is 13.4. The minimum Gasteiger partial charge on any atom is -0.303 e. The van der Waals surface area contributed by atoms with Crippen molar-refractivity contribution in [3.8, 4) is 0 Å². The highest BCUT2D eigenvalue weighted by Crippen LogP contribution is 2.40. The summed E-state index contributed by atoms with van der Waals surface area (Å²) in [5, 5.41) is 0. The molecule has 0 bridgehead atoms. The van der Waals surface area contributed by atoms with E-state index in [-0.39, 0.29) is 5.41 Å². The quantitative estimate of drug-likeness (QED) is 0.658. The fourth-order valence-electron chi connectivity index (χ4n) is 1.95. The SMILES string of the molecule is CC(C)(F)CC1(C=O)CCSCC1. The van der Waals surface area contributed by atoms with Crippen molar-refractivity contribution in [3.05, 3.63) is 0 Å². The molecule has 0 radical (unpaired) electrons. The number of thioether (sulfide) groups is 1. The summed E-state index contributed by atoms with van der Waals surface area (Å²) in [4.78, 5) is 11.0. The first-order chi connectivity index (χ1) is 5.97. The normalized spacial score (nSPS) is 22.7. The summed E-state index contributed by atoms with van der Waals surface area (Å²) in [5.41, 5.74) is -1.59. The van der Waals surface area contributed by atoms with E-state index in [0.29, 0.717) is 6.42 Å². The van der Waals surface area contributed by atoms with E-state index in [1.807, 2.05) is 11.8 Å². The van der Waals surface area contributed by atoms with Crippen molar-refractivity contribution in [1.82, 2.24) is 0 Å². The fraction of sp³-hybridized carbons (Fsp3) is 0.900. The molecule has 0 spiro atoms. The molecule has 1 heterocycles. The second-order valence-corrected chi connectivity index (χ2v) is 5.71. The Morgan fingerprint density at radius 3 is 2.38 bits per heavy atom. The minimum absolute atomic E-state index is 0.372. The van der Waals surface area contributed by atoms with Crippen molar-refractivity contribution in [2.75, 3.05) is 11.5 Å². The number of carbonyl (C=O) groups excluding carboxylic acids is 1. The van der Waals surface area contributed by atoms with E-state index in [2.05, 4.69) is 0 Å². The zero-order valence-electron chi connectivity index (χ0n) is 8.31. The maximum atomic E-state index is 13.4. The van der Waals surface area contributed by atoms with Gasteiger partial charge in [-0.15, -0.1) is 0 Å². The molecule has 0 saturated carbocycles. The molecule has 1 rings (SSSR count). The lowest BCUT2D eigenvalue weighted by molar-refractivity contribution is -0.118. The van der Waals surface area contributed by atoms with Crippen molar-refractivity contribution in [1.29, 1.82) is 0 Å². The summed E-state index contributed by atoms with van der Waals surface area (Å²) in [6.07, 6.45) is 3.04. The Bertz CT molecular complexity index is 180. The van der Waals surface area contributed by atoms with Crippen LogP contribution < -0.4 is 0 Å². The first-order valence-electron chi connectivity index (χ1n) is 4.70. The standard InChI is InChI=1S/C10H17FOS/c1-9(2,11)7-10(8-12)3-5-13-6-4-10/h8H,3-7H2,1-2H3. The molecule has 76 valence electrons. The van der Waals surface area contributed by atoms with E-state index >= 15 is 0 Å². The largest absolute Gasteiger partial charge is 0.303 e. The van der Waals surface area contributed by atoms with E-state index in [0.717, 1.165) is 30.6 Å². The highest BCUT2D eigenvalue weighted by atomic mass is 32.2. The highest BCUT2D eigenvalue weighted by Gasteiger charge is 2.37. The average Bonchev–Trinajstić information content (AvgIpc) is 2.03. The molecule has 0 aliphatic carbocycles. The van der Waals surface area contributed by atoms with Gasteiger partial charge in [-0.2, -0.15) is 11.8 Å². The molecule has 0 aromatic heterocycles. The van der Waals surface area contributed by atoms with Gasteiger partial charge in [-0.1, -0.05) is 0 Å². The third-order valence-corrected chi connectivity index (χ3v) is 3.50. The second-order valence-electron chi connectivity index (χ2n) is 4.49. The Morgan fingerprint density at radius 2 is 2.00 bits per heavy atom. The van der Waals surface area contributed by atoms with Gasteiger partial charge in [0.1, 0.15) is 12.0 Å². The van der Waals surface area contributed by atoms with Gasteiger partial charge in [0.2, 0.25) is 0 Å². The van der Waals surface area contributed by atoms with Crippen LogP contribution >= 0.6 is 11.8 Å². The maximum absolute atomic E-state index is 13.4. The van der Waals surface area contributed by atoms with Gasteiger partial charge in [-0.25, -0.2) is 4.39 Å². The molecule has 0 aromatic carbocycles. The van der Waals surface area contributed by atoms with Crippen LogP contribution in [0.2, 0.25) is 0 Å². The number of hydrogen-bond acceptors (Lipinski definition) is 2. The van der Waals surface area contributed by atoms with Crippen molar-refractivity contribution < 1.29 is 9.18 Å². The molecule has 13 heavy (non-hydrogen) atoms. The van der Waals surface area contributed by atoms with Crippen LogP contribution in [0.15, 0.2) is 0 Å². The Kier molecular flexibility index (Phi) is 3.38. The van der Waals surface area contributed by atoms with Gasteiger partial charge >= 0.3 is 0 Å². The average molecular weight is 204 g/mol. The van der Waals surface area contributed by atoms with Crippen molar-refractivity contribution >= 4 is 18.0 Å². The first kappa shape index (κ1) is 11.0. The first-order valence-corrected chi connectivity index (χ1v) is 5.86. The van der Waals surface area contributed by atoms with Crippen molar-refractivity contribution in [3.63, 3.8) is 0 Å². The smallest absolute Gasteiger partial charge is 0.126 e. The molecular weight excluding hydrogens is 187 g/mol. The van der Waals surface area contributed by atoms with E-state index < -0.39 is 5.67 Å². The number of hydrogen-bond donors (Lipinski definition) is 0. The van der Waals surface area contributed by atoms with Gasteiger partial charge in [-0.05, 0) is 44.6 Å². The van der Waals surface area contributed by atoms with Gasteiger partial charge in [-0.3, -0.25) is 0 Å². The van der Waals surface area contributed by atoms with E-state index in [4.69, 9.17) is 0 Å². The van der Waals surface area contributed by atoms with Crippen molar-refractivity contribution in [2.24, 2.45) is 5.41 Å². The topological polar surface area (TPSA) is 17.1 Å². The van der Waals surface area contributed by atoms with Crippen LogP contribution in [0.1, 0.15) is 33.1 Å². The van der Waals surface area contributed by atoms with Crippen molar-refractivity contribution in [2.45, 2.75) is 38.8 Å². The third kappa shape index (κ3) is 3.29. The molecular formula is C10H17FOS. The predicted molar refractivity (Wildman–Crippen MR) is 54.9 cm³/mol. The van der Waals surface area contributed by atoms with Gasteiger partial charge in [0.25, 0.3) is 0 Å². The number of alkyl halides is 1. The Labute approximate surface area is 83.5 Å². The number of rotatable bonds is 3. The van der Waals surface area contributed by atoms with Crippen LogP contribution in [0.4, 0.5) is 4.39 Å². The molecule has 1 saturated heterocycles. The van der Waals surface area contributed by atoms with Crippen LogP contribution in [0.5, 0.6) is 0 Å².